The molecule has 36 heavy (non-hydrogen) atoms. The summed E-state index contributed by atoms with van der Waals surface area (Å²) in [5, 5.41) is 2.75. The highest BCUT2D eigenvalue weighted by atomic mass is 32.2. The molecule has 2 saturated heterocycles. The van der Waals surface area contributed by atoms with Gasteiger partial charge in [0, 0.05) is 37.2 Å². The SMILES string of the molecule is CC(F)(CCCCc1ccc2c(n1)NCCC2)C1CCN([C@H](c2ccccc2C2COC2)S(=O)O)C1. The van der Waals surface area contributed by atoms with Crippen molar-refractivity contribution in [1.82, 2.24) is 9.88 Å². The molecular formula is C28H38FN3O3S. The van der Waals surface area contributed by atoms with E-state index in [-0.39, 0.29) is 11.8 Å². The summed E-state index contributed by atoms with van der Waals surface area (Å²) < 4.78 is 44.0. The number of hydrogen-bond acceptors (Lipinski definition) is 5. The van der Waals surface area contributed by atoms with Crippen molar-refractivity contribution in [1.29, 1.82) is 0 Å². The minimum atomic E-state index is -2.07. The summed E-state index contributed by atoms with van der Waals surface area (Å²) >= 11 is -2.07. The van der Waals surface area contributed by atoms with E-state index in [9.17, 15) is 8.76 Å². The van der Waals surface area contributed by atoms with Gasteiger partial charge in [0.25, 0.3) is 0 Å². The number of likely N-dealkylation sites (tertiary alicyclic amines) is 1. The second-order valence-electron chi connectivity index (χ2n) is 10.8. The van der Waals surface area contributed by atoms with Gasteiger partial charge in [0.05, 0.1) is 13.2 Å². The molecule has 8 heteroatoms. The van der Waals surface area contributed by atoms with E-state index in [0.29, 0.717) is 39.1 Å². The van der Waals surface area contributed by atoms with Crippen molar-refractivity contribution in [2.45, 2.75) is 68.8 Å². The molecular weight excluding hydrogens is 477 g/mol. The first-order chi connectivity index (χ1) is 17.4. The molecule has 2 N–H and O–H groups in total. The Morgan fingerprint density at radius 1 is 1.28 bits per heavy atom. The van der Waals surface area contributed by atoms with Gasteiger partial charge in [0.2, 0.25) is 0 Å². The fourth-order valence-corrected chi connectivity index (χ4v) is 6.81. The van der Waals surface area contributed by atoms with Gasteiger partial charge >= 0.3 is 0 Å². The Hall–Kier alpha value is -1.87. The lowest BCUT2D eigenvalue weighted by Crippen LogP contribution is -2.36. The van der Waals surface area contributed by atoms with Crippen molar-refractivity contribution in [3.05, 3.63) is 58.8 Å². The number of fused-ring (bicyclic) bond motifs is 1. The second-order valence-corrected chi connectivity index (χ2v) is 11.8. The Labute approximate surface area is 216 Å². The van der Waals surface area contributed by atoms with E-state index in [0.717, 1.165) is 61.3 Å². The monoisotopic (exact) mass is 515 g/mol. The normalized spacial score (nSPS) is 23.8. The number of hydrogen-bond donors (Lipinski definition) is 2. The molecule has 5 rings (SSSR count). The maximum atomic E-state index is 15.9. The molecule has 2 fully saturated rings. The van der Waals surface area contributed by atoms with Crippen LogP contribution in [0.3, 0.4) is 0 Å². The Bertz CT molecular complexity index is 1080. The summed E-state index contributed by atoms with van der Waals surface area (Å²) in [5.74, 6) is 1.13. The van der Waals surface area contributed by atoms with Crippen LogP contribution in [0.5, 0.6) is 0 Å². The molecule has 3 aliphatic heterocycles. The molecule has 0 spiro atoms. The Morgan fingerprint density at radius 3 is 2.89 bits per heavy atom. The van der Waals surface area contributed by atoms with Gasteiger partial charge in [0.1, 0.15) is 16.9 Å². The summed E-state index contributed by atoms with van der Waals surface area (Å²) in [7, 11) is 0. The van der Waals surface area contributed by atoms with Crippen LogP contribution in [0, 0.1) is 5.92 Å². The Balaban J connectivity index is 1.16. The average Bonchev–Trinajstić information content (AvgIpc) is 3.32. The number of aromatic nitrogens is 1. The molecule has 2 aromatic rings. The molecule has 196 valence electrons. The molecule has 1 aromatic heterocycles. The maximum Gasteiger partial charge on any atom is 0.175 e. The molecule has 4 heterocycles. The lowest BCUT2D eigenvalue weighted by molar-refractivity contribution is 0.00777. The van der Waals surface area contributed by atoms with E-state index in [1.807, 2.05) is 29.2 Å². The average molecular weight is 516 g/mol. The van der Waals surface area contributed by atoms with Gasteiger partial charge in [-0.2, -0.15) is 0 Å². The van der Waals surface area contributed by atoms with Crippen molar-refractivity contribution in [3.63, 3.8) is 0 Å². The van der Waals surface area contributed by atoms with E-state index >= 15 is 4.39 Å². The third-order valence-corrected chi connectivity index (χ3v) is 9.17. The number of nitrogens with zero attached hydrogens (tertiary/aromatic N) is 2. The third kappa shape index (κ3) is 5.67. The fraction of sp³-hybridized carbons (Fsp3) is 0.607. The predicted octanol–water partition coefficient (Wildman–Crippen LogP) is 5.24. The van der Waals surface area contributed by atoms with E-state index in [1.165, 1.54) is 5.56 Å². The molecule has 0 radical (unpaired) electrons. The van der Waals surface area contributed by atoms with Gasteiger partial charge in [-0.05, 0) is 74.6 Å². The van der Waals surface area contributed by atoms with Gasteiger partial charge in [0.15, 0.2) is 11.1 Å². The molecule has 0 aliphatic carbocycles. The van der Waals surface area contributed by atoms with Crippen LogP contribution in [0.2, 0.25) is 0 Å². The third-order valence-electron chi connectivity index (χ3n) is 8.23. The van der Waals surface area contributed by atoms with Crippen molar-refractivity contribution >= 4 is 16.9 Å². The molecule has 0 bridgehead atoms. The lowest BCUT2D eigenvalue weighted by atomic mass is 9.85. The number of benzene rings is 1. The van der Waals surface area contributed by atoms with Gasteiger partial charge in [-0.1, -0.05) is 30.3 Å². The highest BCUT2D eigenvalue weighted by Gasteiger charge is 2.42. The van der Waals surface area contributed by atoms with E-state index < -0.39 is 22.1 Å². The quantitative estimate of drug-likeness (QED) is 0.333. The van der Waals surface area contributed by atoms with Gasteiger partial charge in [-0.15, -0.1) is 0 Å². The van der Waals surface area contributed by atoms with Crippen LogP contribution in [0.15, 0.2) is 36.4 Å². The topological polar surface area (TPSA) is 74.7 Å². The largest absolute Gasteiger partial charge is 0.380 e. The summed E-state index contributed by atoms with van der Waals surface area (Å²) in [4.78, 5) is 6.77. The van der Waals surface area contributed by atoms with Crippen LogP contribution in [-0.2, 0) is 28.7 Å². The van der Waals surface area contributed by atoms with Crippen LogP contribution in [0.25, 0.3) is 0 Å². The summed E-state index contributed by atoms with van der Waals surface area (Å²) in [6.45, 7) is 5.11. The molecule has 3 aliphatic rings. The van der Waals surface area contributed by atoms with Crippen molar-refractivity contribution in [2.75, 3.05) is 38.2 Å². The van der Waals surface area contributed by atoms with Crippen LogP contribution in [-0.4, -0.2) is 57.2 Å². The summed E-state index contributed by atoms with van der Waals surface area (Å²) in [6, 6.07) is 12.1. The molecule has 3 unspecified atom stereocenters. The van der Waals surface area contributed by atoms with Crippen molar-refractivity contribution in [3.8, 4) is 0 Å². The highest BCUT2D eigenvalue weighted by molar-refractivity contribution is 7.79. The Morgan fingerprint density at radius 2 is 2.11 bits per heavy atom. The fourth-order valence-electron chi connectivity index (χ4n) is 5.94. The zero-order valence-electron chi connectivity index (χ0n) is 21.1. The number of unbranched alkanes of at least 4 members (excludes halogenated alkanes) is 1. The van der Waals surface area contributed by atoms with Crippen molar-refractivity contribution in [2.24, 2.45) is 5.92 Å². The first-order valence-electron chi connectivity index (χ1n) is 13.3. The van der Waals surface area contributed by atoms with Gasteiger partial charge in [-0.25, -0.2) is 13.6 Å². The number of nitrogens with one attached hydrogen (secondary N) is 1. The molecule has 6 nitrogen and oxygen atoms in total. The zero-order chi connectivity index (χ0) is 25.1. The van der Waals surface area contributed by atoms with Gasteiger partial charge in [-0.3, -0.25) is 4.90 Å². The van der Waals surface area contributed by atoms with Crippen LogP contribution in [0.4, 0.5) is 10.2 Å². The van der Waals surface area contributed by atoms with E-state index in [4.69, 9.17) is 9.72 Å². The Kier molecular flexibility index (Phi) is 8.05. The summed E-state index contributed by atoms with van der Waals surface area (Å²) in [6.07, 6.45) is 6.00. The number of pyridine rings is 1. The minimum Gasteiger partial charge on any atom is -0.380 e. The molecule has 0 amide bonds. The van der Waals surface area contributed by atoms with Crippen LogP contribution < -0.4 is 5.32 Å². The highest BCUT2D eigenvalue weighted by Crippen LogP contribution is 2.41. The first kappa shape index (κ1) is 25.8. The number of rotatable bonds is 10. The second kappa shape index (κ2) is 11.3. The molecule has 0 saturated carbocycles. The predicted molar refractivity (Wildman–Crippen MR) is 141 cm³/mol. The smallest absolute Gasteiger partial charge is 0.175 e. The van der Waals surface area contributed by atoms with E-state index in [2.05, 4.69) is 17.4 Å². The molecule has 1 aromatic carbocycles. The van der Waals surface area contributed by atoms with Crippen LogP contribution in [0.1, 0.15) is 72.7 Å². The number of aryl methyl sites for hydroxylation is 2. The lowest BCUT2D eigenvalue weighted by Gasteiger charge is -2.33. The van der Waals surface area contributed by atoms with Gasteiger partial charge < -0.3 is 14.6 Å². The van der Waals surface area contributed by atoms with Crippen LogP contribution >= 0.6 is 0 Å². The zero-order valence-corrected chi connectivity index (χ0v) is 21.9. The number of halogens is 1. The van der Waals surface area contributed by atoms with Crippen molar-refractivity contribution < 1.29 is 17.9 Å². The minimum absolute atomic E-state index is 0.145. The number of anilines is 1. The van der Waals surface area contributed by atoms with E-state index in [1.54, 1.807) is 6.92 Å². The first-order valence-corrected chi connectivity index (χ1v) is 14.5. The number of alkyl halides is 1. The summed E-state index contributed by atoms with van der Waals surface area (Å²) in [5.41, 5.74) is 3.01. The maximum absolute atomic E-state index is 15.9. The molecule has 4 atom stereocenters. The standard InChI is InChI=1S/C28H38FN3O3S/c1-28(29,14-5-4-8-23-12-11-20-7-6-15-30-26(20)31-23)22-13-16-32(17-22)27(36(33)34)25-10-3-2-9-24(25)21-18-35-19-21/h2-3,9-12,21-22,27H,4-8,13-19H2,1H3,(H,30,31)(H,33,34)/t22?,27-,28?/m0/s1. The number of ether oxygens (including phenoxy) is 1.